The molecular formula is C10H10N4O2. The highest BCUT2D eigenvalue weighted by Gasteiger charge is 2.04. The van der Waals surface area contributed by atoms with Crippen LogP contribution in [-0.2, 0) is 4.79 Å². The third-order valence-electron chi connectivity index (χ3n) is 1.80. The number of anilines is 1. The number of carbonyl (C=O) groups excluding carboxylic acids is 2. The number of rotatable bonds is 4. The van der Waals surface area contributed by atoms with Crippen molar-refractivity contribution in [3.8, 4) is 0 Å². The number of azide groups is 1. The van der Waals surface area contributed by atoms with Gasteiger partial charge in [0.1, 0.15) is 0 Å². The smallest absolute Gasteiger partial charge is 0.221 e. The Kier molecular flexibility index (Phi) is 4.06. The summed E-state index contributed by atoms with van der Waals surface area (Å²) in [6, 6.07) is 6.37. The van der Waals surface area contributed by atoms with Crippen LogP contribution >= 0.6 is 0 Å². The van der Waals surface area contributed by atoms with Crippen molar-refractivity contribution in [1.82, 2.24) is 0 Å². The highest BCUT2D eigenvalue weighted by Crippen LogP contribution is 2.10. The molecule has 0 saturated heterocycles. The second-order valence-corrected chi connectivity index (χ2v) is 3.07. The molecule has 0 unspecified atom stereocenters. The van der Waals surface area contributed by atoms with E-state index in [9.17, 15) is 9.59 Å². The van der Waals surface area contributed by atoms with Crippen molar-refractivity contribution in [3.05, 3.63) is 40.3 Å². The van der Waals surface area contributed by atoms with Crippen LogP contribution < -0.4 is 5.32 Å². The van der Waals surface area contributed by atoms with Gasteiger partial charge in [-0.3, -0.25) is 9.59 Å². The Labute approximate surface area is 91.9 Å². The lowest BCUT2D eigenvalue weighted by Gasteiger charge is -2.02. The van der Waals surface area contributed by atoms with Crippen molar-refractivity contribution in [3.63, 3.8) is 0 Å². The molecule has 1 N–H and O–H groups in total. The van der Waals surface area contributed by atoms with E-state index in [1.165, 1.54) is 6.92 Å². The van der Waals surface area contributed by atoms with Gasteiger partial charge in [0.15, 0.2) is 5.78 Å². The van der Waals surface area contributed by atoms with Gasteiger partial charge in [-0.15, -0.1) is 0 Å². The molecule has 0 aliphatic carbocycles. The van der Waals surface area contributed by atoms with Crippen LogP contribution in [0.15, 0.2) is 29.4 Å². The van der Waals surface area contributed by atoms with E-state index < -0.39 is 0 Å². The maximum atomic E-state index is 11.4. The molecule has 1 aromatic rings. The Hall–Kier alpha value is -2.33. The second kappa shape index (κ2) is 5.53. The summed E-state index contributed by atoms with van der Waals surface area (Å²) in [6.07, 6.45) is 0. The standard InChI is InChI=1S/C10H10N4O2/c1-7(15)13-9-4-2-8(3-5-9)10(16)6-12-14-11/h2-5H,6H2,1H3,(H,13,15). The predicted octanol–water partition coefficient (Wildman–Crippen LogP) is 2.14. The van der Waals surface area contributed by atoms with Crippen LogP contribution in [0.25, 0.3) is 10.4 Å². The van der Waals surface area contributed by atoms with Crippen LogP contribution in [0.5, 0.6) is 0 Å². The van der Waals surface area contributed by atoms with Crippen molar-refractivity contribution < 1.29 is 9.59 Å². The molecule has 0 aliphatic heterocycles. The third-order valence-corrected chi connectivity index (χ3v) is 1.80. The lowest BCUT2D eigenvalue weighted by atomic mass is 10.1. The first-order valence-corrected chi connectivity index (χ1v) is 4.55. The lowest BCUT2D eigenvalue weighted by Crippen LogP contribution is -2.07. The van der Waals surface area contributed by atoms with Crippen molar-refractivity contribution >= 4 is 17.4 Å². The summed E-state index contributed by atoms with van der Waals surface area (Å²) in [6.45, 7) is 1.21. The van der Waals surface area contributed by atoms with E-state index in [0.29, 0.717) is 11.3 Å². The van der Waals surface area contributed by atoms with E-state index in [2.05, 4.69) is 15.3 Å². The first kappa shape index (κ1) is 11.7. The zero-order valence-electron chi connectivity index (χ0n) is 8.67. The molecule has 0 heterocycles. The number of nitrogens with zero attached hydrogens (tertiary/aromatic N) is 3. The zero-order chi connectivity index (χ0) is 12.0. The SMILES string of the molecule is CC(=O)Nc1ccc(C(=O)CN=[N+]=[N-])cc1. The number of ketones is 1. The molecular weight excluding hydrogens is 208 g/mol. The molecule has 0 spiro atoms. The van der Waals surface area contributed by atoms with Gasteiger partial charge in [-0.2, -0.15) is 0 Å². The second-order valence-electron chi connectivity index (χ2n) is 3.07. The van der Waals surface area contributed by atoms with Crippen LogP contribution in [0.4, 0.5) is 5.69 Å². The van der Waals surface area contributed by atoms with Crippen LogP contribution in [0, 0.1) is 0 Å². The van der Waals surface area contributed by atoms with E-state index in [4.69, 9.17) is 5.53 Å². The molecule has 1 rings (SSSR count). The average Bonchev–Trinajstić information content (AvgIpc) is 2.26. The molecule has 0 aromatic heterocycles. The molecule has 82 valence electrons. The Morgan fingerprint density at radius 2 is 2.00 bits per heavy atom. The maximum Gasteiger partial charge on any atom is 0.221 e. The van der Waals surface area contributed by atoms with Crippen molar-refractivity contribution in [2.45, 2.75) is 6.92 Å². The number of hydrogen-bond acceptors (Lipinski definition) is 3. The van der Waals surface area contributed by atoms with E-state index in [0.717, 1.165) is 0 Å². The van der Waals surface area contributed by atoms with E-state index in [1.54, 1.807) is 24.3 Å². The highest BCUT2D eigenvalue weighted by atomic mass is 16.1. The number of Topliss-reactive ketones (excluding diaryl/α,β-unsaturated/α-hetero) is 1. The minimum Gasteiger partial charge on any atom is -0.326 e. The minimum absolute atomic E-state index is 0.173. The number of nitrogens with one attached hydrogen (secondary N) is 1. The van der Waals surface area contributed by atoms with Gasteiger partial charge in [0.2, 0.25) is 5.91 Å². The van der Waals surface area contributed by atoms with E-state index in [1.807, 2.05) is 0 Å². The summed E-state index contributed by atoms with van der Waals surface area (Å²) in [5.74, 6) is -0.430. The summed E-state index contributed by atoms with van der Waals surface area (Å²) in [4.78, 5) is 24.6. The molecule has 6 nitrogen and oxygen atoms in total. The van der Waals surface area contributed by atoms with Gasteiger partial charge in [0.25, 0.3) is 0 Å². The number of benzene rings is 1. The summed E-state index contributed by atoms with van der Waals surface area (Å²) < 4.78 is 0. The molecule has 6 heteroatoms. The van der Waals surface area contributed by atoms with Crippen molar-refractivity contribution in [2.75, 3.05) is 11.9 Å². The molecule has 1 aromatic carbocycles. The zero-order valence-corrected chi connectivity index (χ0v) is 8.67. The quantitative estimate of drug-likeness (QED) is 0.362. The first-order chi connectivity index (χ1) is 7.63. The number of amides is 1. The van der Waals surface area contributed by atoms with Crippen LogP contribution in [0.2, 0.25) is 0 Å². The van der Waals surface area contributed by atoms with Crippen molar-refractivity contribution in [2.24, 2.45) is 5.11 Å². The number of carbonyl (C=O) groups is 2. The van der Waals surface area contributed by atoms with Gasteiger partial charge in [-0.1, -0.05) is 5.11 Å². The molecule has 0 aliphatic rings. The van der Waals surface area contributed by atoms with E-state index in [-0.39, 0.29) is 18.2 Å². The summed E-state index contributed by atoms with van der Waals surface area (Å²) in [7, 11) is 0. The minimum atomic E-state index is -0.257. The van der Waals surface area contributed by atoms with Gasteiger partial charge >= 0.3 is 0 Å². The van der Waals surface area contributed by atoms with Gasteiger partial charge in [-0.25, -0.2) is 0 Å². The van der Waals surface area contributed by atoms with E-state index >= 15 is 0 Å². The molecule has 0 saturated carbocycles. The summed E-state index contributed by atoms with van der Waals surface area (Å²) in [5, 5.41) is 5.76. The largest absolute Gasteiger partial charge is 0.326 e. The van der Waals surface area contributed by atoms with Gasteiger partial charge in [0.05, 0.1) is 6.54 Å². The maximum absolute atomic E-state index is 11.4. The average molecular weight is 218 g/mol. The first-order valence-electron chi connectivity index (χ1n) is 4.55. The van der Waals surface area contributed by atoms with Crippen LogP contribution in [-0.4, -0.2) is 18.2 Å². The molecule has 0 bridgehead atoms. The normalized spacial score (nSPS) is 9.06. The summed E-state index contributed by atoms with van der Waals surface area (Å²) in [5.41, 5.74) is 9.13. The Balaban J connectivity index is 2.74. The Morgan fingerprint density at radius 1 is 1.38 bits per heavy atom. The van der Waals surface area contributed by atoms with Gasteiger partial charge in [-0.05, 0) is 29.8 Å². The van der Waals surface area contributed by atoms with Crippen molar-refractivity contribution in [1.29, 1.82) is 0 Å². The fraction of sp³-hybridized carbons (Fsp3) is 0.200. The lowest BCUT2D eigenvalue weighted by molar-refractivity contribution is -0.114. The number of hydrogen-bond donors (Lipinski definition) is 1. The Morgan fingerprint density at radius 3 is 2.50 bits per heavy atom. The topological polar surface area (TPSA) is 94.9 Å². The summed E-state index contributed by atoms with van der Waals surface area (Å²) >= 11 is 0. The fourth-order valence-electron chi connectivity index (χ4n) is 1.13. The highest BCUT2D eigenvalue weighted by molar-refractivity contribution is 5.98. The van der Waals surface area contributed by atoms with Gasteiger partial charge < -0.3 is 5.32 Å². The van der Waals surface area contributed by atoms with Crippen LogP contribution in [0.3, 0.4) is 0 Å². The fourth-order valence-corrected chi connectivity index (χ4v) is 1.13. The molecule has 0 atom stereocenters. The molecule has 0 radical (unpaired) electrons. The predicted molar refractivity (Wildman–Crippen MR) is 59.1 cm³/mol. The third kappa shape index (κ3) is 3.43. The van der Waals surface area contributed by atoms with Gasteiger partial charge in [0, 0.05) is 23.1 Å². The van der Waals surface area contributed by atoms with Crippen LogP contribution in [0.1, 0.15) is 17.3 Å². The Bertz CT molecular complexity index is 446. The molecule has 0 fully saturated rings. The molecule has 1 amide bonds. The molecule has 16 heavy (non-hydrogen) atoms. The monoisotopic (exact) mass is 218 g/mol.